The Hall–Kier alpha value is -3.81. The van der Waals surface area contributed by atoms with Crippen molar-refractivity contribution in [2.45, 2.75) is 70.4 Å². The average Bonchev–Trinajstić information content (AvgIpc) is 3.46. The van der Waals surface area contributed by atoms with Gasteiger partial charge >= 0.3 is 0 Å². The van der Waals surface area contributed by atoms with Crippen molar-refractivity contribution >= 4 is 28.5 Å². The van der Waals surface area contributed by atoms with Crippen LogP contribution < -0.4 is 15.0 Å². The fraction of sp³-hybridized carbons (Fsp3) is 0.457. The molecule has 3 saturated heterocycles. The third kappa shape index (κ3) is 5.12. The largest absolute Gasteiger partial charge is 0.443 e. The van der Waals surface area contributed by atoms with E-state index in [2.05, 4.69) is 44.8 Å². The predicted octanol–water partition coefficient (Wildman–Crippen LogP) is 5.81. The number of nitrogens with one attached hydrogen (secondary N) is 1. The average molecular weight is 675 g/mol. The number of aliphatic imine (C=N–C) groups is 1. The van der Waals surface area contributed by atoms with Crippen molar-refractivity contribution in [3.05, 3.63) is 82.1 Å². The minimum Gasteiger partial charge on any atom is -0.443 e. The van der Waals surface area contributed by atoms with Crippen molar-refractivity contribution in [3.63, 3.8) is 0 Å². The molecule has 4 aromatic rings. The van der Waals surface area contributed by atoms with E-state index in [4.69, 9.17) is 40.4 Å². The normalized spacial score (nSPS) is 27.9. The van der Waals surface area contributed by atoms with Gasteiger partial charge in [0.1, 0.15) is 17.0 Å². The topological polar surface area (TPSA) is 108 Å². The van der Waals surface area contributed by atoms with Crippen LogP contribution in [0.1, 0.15) is 68.2 Å². The molecule has 48 heavy (non-hydrogen) atoms. The number of rotatable bonds is 6. The Bertz CT molecular complexity index is 1940. The Morgan fingerprint density at radius 2 is 1.94 bits per heavy atom. The highest BCUT2D eigenvalue weighted by molar-refractivity contribution is 6.30. The number of halogens is 2. The molecule has 2 unspecified atom stereocenters. The van der Waals surface area contributed by atoms with Crippen molar-refractivity contribution in [2.24, 2.45) is 10.4 Å². The lowest BCUT2D eigenvalue weighted by Crippen LogP contribution is -2.35. The van der Waals surface area contributed by atoms with E-state index < -0.39 is 11.6 Å². The number of likely N-dealkylation sites (tertiary alicyclic amines) is 1. The second kappa shape index (κ2) is 11.1. The van der Waals surface area contributed by atoms with E-state index in [1.54, 1.807) is 12.3 Å². The summed E-state index contributed by atoms with van der Waals surface area (Å²) < 4.78 is 42.1. The third-order valence-electron chi connectivity index (χ3n) is 10.2. The molecular weight excluding hydrogens is 639 g/mol. The van der Waals surface area contributed by atoms with E-state index in [0.29, 0.717) is 53.3 Å². The van der Waals surface area contributed by atoms with Gasteiger partial charge in [0, 0.05) is 29.7 Å². The van der Waals surface area contributed by atoms with Crippen LogP contribution in [0.3, 0.4) is 0 Å². The lowest BCUT2D eigenvalue weighted by molar-refractivity contribution is -0.0722. The second-order valence-corrected chi connectivity index (χ2v) is 14.5. The van der Waals surface area contributed by atoms with Gasteiger partial charge in [0.15, 0.2) is 23.2 Å². The van der Waals surface area contributed by atoms with Gasteiger partial charge in [-0.3, -0.25) is 9.88 Å². The standard InChI is InChI=1S/C35H36ClFN6O5/c1-34(2)18-44-17-27(34)43-24-14-20(31-40-32-33(45-32)48-41-31)13-23(37)29(24)39-28(43)16-42-11-9-19(10-12-42)22-5-4-6-25-30(22)47-35(3,46-25)26-8-7-21(36)15-38-26/h4-8,13-15,19,27,32-33H,9-12,16-18H2,1-3H3,(H,40,41)/t27-,32?,33?,35+/m1/s1. The van der Waals surface area contributed by atoms with Gasteiger partial charge in [-0.1, -0.05) is 37.6 Å². The molecule has 2 aromatic heterocycles. The predicted molar refractivity (Wildman–Crippen MR) is 174 cm³/mol. The molecule has 0 amide bonds. The number of hydrogen-bond donors (Lipinski definition) is 1. The van der Waals surface area contributed by atoms with Gasteiger partial charge in [-0.15, -0.1) is 0 Å². The van der Waals surface area contributed by atoms with Crippen LogP contribution in [-0.2, 0) is 26.6 Å². The highest BCUT2D eigenvalue weighted by Gasteiger charge is 2.45. The van der Waals surface area contributed by atoms with E-state index >= 15 is 4.39 Å². The van der Waals surface area contributed by atoms with Gasteiger partial charge in [0.25, 0.3) is 5.79 Å². The first-order chi connectivity index (χ1) is 23.1. The Kier molecular flexibility index (Phi) is 7.00. The van der Waals surface area contributed by atoms with Gasteiger partial charge in [-0.25, -0.2) is 24.7 Å². The number of amidine groups is 1. The molecular formula is C35H36ClFN6O5. The molecule has 13 heteroatoms. The number of hydrogen-bond acceptors (Lipinski definition) is 10. The number of para-hydroxylation sites is 1. The summed E-state index contributed by atoms with van der Waals surface area (Å²) >= 11 is 6.07. The summed E-state index contributed by atoms with van der Waals surface area (Å²) in [4.78, 5) is 21.7. The number of imidazole rings is 1. The van der Waals surface area contributed by atoms with Crippen LogP contribution >= 0.6 is 11.6 Å². The molecule has 4 atom stereocenters. The van der Waals surface area contributed by atoms with E-state index in [-0.39, 0.29) is 24.0 Å². The summed E-state index contributed by atoms with van der Waals surface area (Å²) in [7, 11) is 0. The third-order valence-corrected chi connectivity index (χ3v) is 10.4. The smallest absolute Gasteiger partial charge is 0.292 e. The van der Waals surface area contributed by atoms with E-state index in [1.165, 1.54) is 6.07 Å². The maximum absolute atomic E-state index is 15.8. The molecule has 0 radical (unpaired) electrons. The number of nitrogens with zero attached hydrogens (tertiary/aromatic N) is 5. The Morgan fingerprint density at radius 3 is 2.69 bits per heavy atom. The molecule has 7 heterocycles. The maximum Gasteiger partial charge on any atom is 0.292 e. The first-order valence-electron chi connectivity index (χ1n) is 16.4. The zero-order valence-corrected chi connectivity index (χ0v) is 27.7. The molecule has 11 nitrogen and oxygen atoms in total. The lowest BCUT2D eigenvalue weighted by atomic mass is 9.87. The van der Waals surface area contributed by atoms with Gasteiger partial charge in [-0.05, 0) is 62.2 Å². The summed E-state index contributed by atoms with van der Waals surface area (Å²) in [5.41, 5.74) is 6.11. The molecule has 1 N–H and O–H groups in total. The summed E-state index contributed by atoms with van der Waals surface area (Å²) in [6.45, 7) is 9.71. The van der Waals surface area contributed by atoms with E-state index in [0.717, 1.165) is 54.3 Å². The molecule has 5 aliphatic heterocycles. The monoisotopic (exact) mass is 674 g/mol. The van der Waals surface area contributed by atoms with Gasteiger partial charge in [0.2, 0.25) is 12.5 Å². The molecule has 0 aliphatic carbocycles. The highest BCUT2D eigenvalue weighted by atomic mass is 35.5. The highest BCUT2D eigenvalue weighted by Crippen LogP contribution is 2.49. The van der Waals surface area contributed by atoms with Crippen molar-refractivity contribution in [3.8, 4) is 11.5 Å². The Labute approximate surface area is 281 Å². The number of aromatic nitrogens is 3. The van der Waals surface area contributed by atoms with Crippen LogP contribution in [0.15, 0.2) is 53.7 Å². The number of ether oxygens (including phenoxy) is 4. The zero-order valence-electron chi connectivity index (χ0n) is 26.9. The SMILES string of the molecule is CC1(C)COC[C@H]1n1c(CN2CCC(c3cccc4c3O[C@@](C)(c3ccc(Cl)cn3)O4)CC2)nc2c(F)cc(C3=NC4OC4ON3)cc21. The fourth-order valence-corrected chi connectivity index (χ4v) is 7.58. The summed E-state index contributed by atoms with van der Waals surface area (Å²) in [6, 6.07) is 13.1. The minimum atomic E-state index is -1.03. The van der Waals surface area contributed by atoms with Crippen LogP contribution in [-0.4, -0.2) is 64.1 Å². The maximum atomic E-state index is 15.8. The Balaban J connectivity index is 0.973. The van der Waals surface area contributed by atoms with Crippen molar-refractivity contribution < 1.29 is 28.2 Å². The molecule has 2 aromatic carbocycles. The first-order valence-corrected chi connectivity index (χ1v) is 16.8. The number of fused-ring (bicyclic) bond motifs is 3. The second-order valence-electron chi connectivity index (χ2n) is 14.1. The van der Waals surface area contributed by atoms with Crippen LogP contribution in [0, 0.1) is 11.2 Å². The van der Waals surface area contributed by atoms with Gasteiger partial charge in [-0.2, -0.15) is 0 Å². The Morgan fingerprint density at radius 1 is 1.08 bits per heavy atom. The van der Waals surface area contributed by atoms with Crippen LogP contribution in [0.2, 0.25) is 5.02 Å². The number of piperidine rings is 1. The van der Waals surface area contributed by atoms with Crippen molar-refractivity contribution in [2.75, 3.05) is 26.3 Å². The minimum absolute atomic E-state index is 0.00756. The number of pyridine rings is 1. The molecule has 3 fully saturated rings. The summed E-state index contributed by atoms with van der Waals surface area (Å²) in [5.74, 6) is 1.63. The molecule has 250 valence electrons. The molecule has 0 bridgehead atoms. The van der Waals surface area contributed by atoms with Crippen LogP contribution in [0.5, 0.6) is 11.5 Å². The molecule has 0 spiro atoms. The molecule has 9 rings (SSSR count). The molecule has 5 aliphatic rings. The van der Waals surface area contributed by atoms with E-state index in [9.17, 15) is 0 Å². The van der Waals surface area contributed by atoms with Crippen LogP contribution in [0.4, 0.5) is 4.39 Å². The number of hydroxylamine groups is 1. The summed E-state index contributed by atoms with van der Waals surface area (Å²) in [5, 5.41) is 0.560. The quantitative estimate of drug-likeness (QED) is 0.254. The first kappa shape index (κ1) is 30.3. The van der Waals surface area contributed by atoms with Gasteiger partial charge < -0.3 is 23.5 Å². The van der Waals surface area contributed by atoms with Crippen molar-refractivity contribution in [1.82, 2.24) is 24.9 Å². The van der Waals surface area contributed by atoms with Gasteiger partial charge in [0.05, 0.1) is 36.3 Å². The fourth-order valence-electron chi connectivity index (χ4n) is 7.47. The number of epoxide rings is 1. The lowest BCUT2D eigenvalue weighted by Gasteiger charge is -2.33. The number of benzene rings is 2. The van der Waals surface area contributed by atoms with Crippen molar-refractivity contribution in [1.29, 1.82) is 0 Å². The zero-order chi connectivity index (χ0) is 32.8. The van der Waals surface area contributed by atoms with E-state index in [1.807, 2.05) is 31.2 Å². The molecule has 0 saturated carbocycles. The summed E-state index contributed by atoms with van der Waals surface area (Å²) in [6.07, 6.45) is 2.73. The van der Waals surface area contributed by atoms with Crippen LogP contribution in [0.25, 0.3) is 11.0 Å².